The van der Waals surface area contributed by atoms with Gasteiger partial charge in [-0.2, -0.15) is 0 Å². The van der Waals surface area contributed by atoms with Gasteiger partial charge in [0.2, 0.25) is 5.91 Å². The normalized spacial score (nSPS) is 10.6. The van der Waals surface area contributed by atoms with Crippen molar-refractivity contribution in [3.63, 3.8) is 0 Å². The standard InChI is InChI=1S/C21H24N4O3S/c1-5-25-20(15-10-16(27-3)12-17(11-15)28-4)23-24-21(25)29-13-19(26)22-18-9-7-6-8-14(18)2/h6-12H,5,13H2,1-4H3,(H,22,26). The highest BCUT2D eigenvalue weighted by Gasteiger charge is 2.16. The number of aryl methyl sites for hydroxylation is 1. The van der Waals surface area contributed by atoms with Gasteiger partial charge in [0, 0.05) is 23.9 Å². The molecule has 0 spiro atoms. The van der Waals surface area contributed by atoms with Gasteiger partial charge >= 0.3 is 0 Å². The number of nitrogens with zero attached hydrogens (tertiary/aromatic N) is 3. The lowest BCUT2D eigenvalue weighted by Crippen LogP contribution is -2.15. The molecule has 0 saturated heterocycles. The minimum atomic E-state index is -0.0837. The molecule has 0 unspecified atom stereocenters. The molecule has 1 N–H and O–H groups in total. The van der Waals surface area contributed by atoms with Crippen molar-refractivity contribution < 1.29 is 14.3 Å². The minimum Gasteiger partial charge on any atom is -0.497 e. The summed E-state index contributed by atoms with van der Waals surface area (Å²) in [4.78, 5) is 12.4. The molecular formula is C21H24N4O3S. The molecular weight excluding hydrogens is 388 g/mol. The van der Waals surface area contributed by atoms with Crippen LogP contribution in [0.15, 0.2) is 47.6 Å². The van der Waals surface area contributed by atoms with Crippen LogP contribution in [0.2, 0.25) is 0 Å². The van der Waals surface area contributed by atoms with Crippen LogP contribution in [-0.4, -0.2) is 40.6 Å². The van der Waals surface area contributed by atoms with Gasteiger partial charge in [0.25, 0.3) is 0 Å². The summed E-state index contributed by atoms with van der Waals surface area (Å²) in [6, 6.07) is 13.3. The molecule has 0 radical (unpaired) electrons. The molecule has 0 aliphatic carbocycles. The summed E-state index contributed by atoms with van der Waals surface area (Å²) in [7, 11) is 3.22. The number of amides is 1. The van der Waals surface area contributed by atoms with E-state index >= 15 is 0 Å². The average Bonchev–Trinajstić information content (AvgIpc) is 3.16. The van der Waals surface area contributed by atoms with Crippen LogP contribution < -0.4 is 14.8 Å². The Morgan fingerprint density at radius 3 is 2.41 bits per heavy atom. The highest BCUT2D eigenvalue weighted by molar-refractivity contribution is 7.99. The van der Waals surface area contributed by atoms with E-state index in [1.54, 1.807) is 14.2 Å². The number of hydrogen-bond acceptors (Lipinski definition) is 6. The molecule has 7 nitrogen and oxygen atoms in total. The fourth-order valence-corrected chi connectivity index (χ4v) is 3.66. The van der Waals surface area contributed by atoms with Crippen LogP contribution in [0.3, 0.4) is 0 Å². The molecule has 152 valence electrons. The zero-order chi connectivity index (χ0) is 20.8. The van der Waals surface area contributed by atoms with Crippen molar-refractivity contribution in [2.24, 2.45) is 0 Å². The Morgan fingerprint density at radius 2 is 1.79 bits per heavy atom. The monoisotopic (exact) mass is 412 g/mol. The van der Waals surface area contributed by atoms with Crippen LogP contribution in [0, 0.1) is 6.92 Å². The van der Waals surface area contributed by atoms with Gasteiger partial charge in [0.05, 0.1) is 20.0 Å². The lowest BCUT2D eigenvalue weighted by atomic mass is 10.2. The summed E-state index contributed by atoms with van der Waals surface area (Å²) in [5, 5.41) is 12.2. The van der Waals surface area contributed by atoms with E-state index in [0.717, 1.165) is 16.8 Å². The van der Waals surface area contributed by atoms with Gasteiger partial charge in [-0.25, -0.2) is 0 Å². The first-order valence-corrected chi connectivity index (χ1v) is 10.2. The number of carbonyl (C=O) groups excluding carboxylic acids is 1. The van der Waals surface area contributed by atoms with Gasteiger partial charge in [-0.3, -0.25) is 4.79 Å². The van der Waals surface area contributed by atoms with Crippen molar-refractivity contribution in [3.8, 4) is 22.9 Å². The van der Waals surface area contributed by atoms with E-state index in [0.29, 0.717) is 29.0 Å². The molecule has 0 saturated carbocycles. The number of nitrogens with one attached hydrogen (secondary N) is 1. The van der Waals surface area contributed by atoms with Crippen molar-refractivity contribution >= 4 is 23.4 Å². The number of para-hydroxylation sites is 1. The van der Waals surface area contributed by atoms with E-state index in [1.165, 1.54) is 11.8 Å². The third-order valence-electron chi connectivity index (χ3n) is 4.39. The zero-order valence-electron chi connectivity index (χ0n) is 16.9. The van der Waals surface area contributed by atoms with Crippen molar-refractivity contribution in [3.05, 3.63) is 48.0 Å². The first-order valence-electron chi connectivity index (χ1n) is 9.20. The predicted octanol–water partition coefficient (Wildman–Crippen LogP) is 4.02. The van der Waals surface area contributed by atoms with Crippen LogP contribution in [0.25, 0.3) is 11.4 Å². The molecule has 3 rings (SSSR count). The fourth-order valence-electron chi connectivity index (χ4n) is 2.86. The molecule has 29 heavy (non-hydrogen) atoms. The van der Waals surface area contributed by atoms with Crippen LogP contribution in [0.1, 0.15) is 12.5 Å². The smallest absolute Gasteiger partial charge is 0.234 e. The summed E-state index contributed by atoms with van der Waals surface area (Å²) >= 11 is 1.36. The van der Waals surface area contributed by atoms with E-state index < -0.39 is 0 Å². The SMILES string of the molecule is CCn1c(SCC(=O)Nc2ccccc2C)nnc1-c1cc(OC)cc(OC)c1. The Hall–Kier alpha value is -3.00. The molecule has 3 aromatic rings. The number of aromatic nitrogens is 3. The Bertz CT molecular complexity index is 981. The summed E-state index contributed by atoms with van der Waals surface area (Å²) < 4.78 is 12.7. The molecule has 2 aromatic carbocycles. The van der Waals surface area contributed by atoms with Gasteiger partial charge in [0.15, 0.2) is 11.0 Å². The van der Waals surface area contributed by atoms with Gasteiger partial charge in [-0.1, -0.05) is 30.0 Å². The predicted molar refractivity (Wildman–Crippen MR) is 115 cm³/mol. The molecule has 0 aliphatic heterocycles. The second-order valence-corrected chi connectivity index (χ2v) is 7.25. The van der Waals surface area contributed by atoms with Crippen molar-refractivity contribution in [1.82, 2.24) is 14.8 Å². The molecule has 0 fully saturated rings. The number of thioether (sulfide) groups is 1. The fraction of sp³-hybridized carbons (Fsp3) is 0.286. The molecule has 1 amide bonds. The van der Waals surface area contributed by atoms with E-state index in [1.807, 2.05) is 60.9 Å². The number of anilines is 1. The van der Waals surface area contributed by atoms with Gasteiger partial charge in [0.1, 0.15) is 11.5 Å². The van der Waals surface area contributed by atoms with Crippen molar-refractivity contribution in [2.75, 3.05) is 25.3 Å². The number of rotatable bonds is 8. The Morgan fingerprint density at radius 1 is 1.10 bits per heavy atom. The molecule has 0 bridgehead atoms. The third kappa shape index (κ3) is 4.89. The van der Waals surface area contributed by atoms with Crippen molar-refractivity contribution in [2.45, 2.75) is 25.5 Å². The number of ether oxygens (including phenoxy) is 2. The Balaban J connectivity index is 1.76. The van der Waals surface area contributed by atoms with Gasteiger partial charge < -0.3 is 19.4 Å². The Labute approximate surface area is 174 Å². The zero-order valence-corrected chi connectivity index (χ0v) is 17.7. The largest absolute Gasteiger partial charge is 0.497 e. The highest BCUT2D eigenvalue weighted by Crippen LogP contribution is 2.30. The maximum absolute atomic E-state index is 12.4. The summed E-state index contributed by atoms with van der Waals surface area (Å²) in [5.74, 6) is 2.22. The molecule has 1 aromatic heterocycles. The van der Waals surface area contributed by atoms with Crippen LogP contribution in [-0.2, 0) is 11.3 Å². The molecule has 0 atom stereocenters. The number of carbonyl (C=O) groups is 1. The van der Waals surface area contributed by atoms with E-state index in [2.05, 4.69) is 15.5 Å². The van der Waals surface area contributed by atoms with Gasteiger partial charge in [-0.05, 0) is 37.6 Å². The second-order valence-electron chi connectivity index (χ2n) is 6.30. The lowest BCUT2D eigenvalue weighted by molar-refractivity contribution is -0.113. The minimum absolute atomic E-state index is 0.0837. The number of hydrogen-bond donors (Lipinski definition) is 1. The average molecular weight is 413 g/mol. The molecule has 0 aliphatic rings. The summed E-state index contributed by atoms with van der Waals surface area (Å²) in [6.45, 7) is 4.65. The summed E-state index contributed by atoms with van der Waals surface area (Å²) in [6.07, 6.45) is 0. The molecule has 1 heterocycles. The van der Waals surface area contributed by atoms with E-state index in [9.17, 15) is 4.79 Å². The van der Waals surface area contributed by atoms with Crippen molar-refractivity contribution in [1.29, 1.82) is 0 Å². The van der Waals surface area contributed by atoms with Gasteiger partial charge in [-0.15, -0.1) is 10.2 Å². The first kappa shape index (κ1) is 20.7. The lowest BCUT2D eigenvalue weighted by Gasteiger charge is -2.11. The van der Waals surface area contributed by atoms with Crippen LogP contribution >= 0.6 is 11.8 Å². The number of benzene rings is 2. The maximum Gasteiger partial charge on any atom is 0.234 e. The van der Waals surface area contributed by atoms with Crippen LogP contribution in [0.5, 0.6) is 11.5 Å². The topological polar surface area (TPSA) is 78.3 Å². The highest BCUT2D eigenvalue weighted by atomic mass is 32.2. The number of methoxy groups -OCH3 is 2. The van der Waals surface area contributed by atoms with Crippen LogP contribution in [0.4, 0.5) is 5.69 Å². The second kappa shape index (κ2) is 9.47. The maximum atomic E-state index is 12.4. The third-order valence-corrected chi connectivity index (χ3v) is 5.36. The molecule has 8 heteroatoms. The van der Waals surface area contributed by atoms with E-state index in [-0.39, 0.29) is 11.7 Å². The summed E-state index contributed by atoms with van der Waals surface area (Å²) in [5.41, 5.74) is 2.68. The Kier molecular flexibility index (Phi) is 6.77. The quantitative estimate of drug-likeness (QED) is 0.563. The first-order chi connectivity index (χ1) is 14.0. The van der Waals surface area contributed by atoms with E-state index in [4.69, 9.17) is 9.47 Å².